The normalized spacial score (nSPS) is 21.2. The SMILES string of the molecule is CCCNC(c1c(F)cccc1F)C1CCCS1. The van der Waals surface area contributed by atoms with Gasteiger partial charge in [-0.3, -0.25) is 0 Å². The molecule has 0 spiro atoms. The molecule has 1 aliphatic rings. The molecule has 1 aromatic carbocycles. The maximum Gasteiger partial charge on any atom is 0.130 e. The lowest BCUT2D eigenvalue weighted by Gasteiger charge is -2.25. The maximum atomic E-state index is 13.9. The molecular weight excluding hydrogens is 252 g/mol. The van der Waals surface area contributed by atoms with Gasteiger partial charge in [0.15, 0.2) is 0 Å². The van der Waals surface area contributed by atoms with Crippen molar-refractivity contribution in [2.75, 3.05) is 12.3 Å². The predicted molar refractivity (Wildman–Crippen MR) is 72.9 cm³/mol. The van der Waals surface area contributed by atoms with E-state index >= 15 is 0 Å². The number of hydrogen-bond donors (Lipinski definition) is 1. The van der Waals surface area contributed by atoms with Crippen molar-refractivity contribution in [3.05, 3.63) is 35.4 Å². The minimum absolute atomic E-state index is 0.210. The zero-order valence-corrected chi connectivity index (χ0v) is 11.4. The van der Waals surface area contributed by atoms with Crippen molar-refractivity contribution in [3.8, 4) is 0 Å². The van der Waals surface area contributed by atoms with E-state index in [0.29, 0.717) is 0 Å². The van der Waals surface area contributed by atoms with Gasteiger partial charge in [0, 0.05) is 16.9 Å². The molecule has 1 heterocycles. The summed E-state index contributed by atoms with van der Waals surface area (Å²) in [5, 5.41) is 3.59. The highest BCUT2D eigenvalue weighted by Crippen LogP contribution is 2.37. The van der Waals surface area contributed by atoms with Crippen molar-refractivity contribution in [1.29, 1.82) is 0 Å². The van der Waals surface area contributed by atoms with Crippen LogP contribution in [-0.2, 0) is 0 Å². The third-order valence-corrected chi connectivity index (χ3v) is 4.72. The number of thioether (sulfide) groups is 1. The first-order valence-corrected chi connectivity index (χ1v) is 7.57. The van der Waals surface area contributed by atoms with E-state index < -0.39 is 11.6 Å². The van der Waals surface area contributed by atoms with Crippen molar-refractivity contribution in [2.24, 2.45) is 0 Å². The summed E-state index contributed by atoms with van der Waals surface area (Å²) >= 11 is 1.82. The Morgan fingerprint density at radius 3 is 2.67 bits per heavy atom. The first kappa shape index (κ1) is 13.8. The molecule has 1 saturated heterocycles. The summed E-state index contributed by atoms with van der Waals surface area (Å²) in [5.41, 5.74) is 0.213. The fourth-order valence-corrected chi connectivity index (χ4v) is 3.79. The van der Waals surface area contributed by atoms with Crippen LogP contribution in [0.3, 0.4) is 0 Å². The topological polar surface area (TPSA) is 12.0 Å². The predicted octanol–water partition coefficient (Wildman–Crippen LogP) is 3.90. The van der Waals surface area contributed by atoms with Gasteiger partial charge in [-0.25, -0.2) is 8.78 Å². The van der Waals surface area contributed by atoms with Gasteiger partial charge in [-0.05, 0) is 43.7 Å². The zero-order valence-electron chi connectivity index (χ0n) is 10.6. The lowest BCUT2D eigenvalue weighted by Crippen LogP contribution is -2.31. The average Bonchev–Trinajstić information content (AvgIpc) is 2.86. The number of halogens is 2. The number of nitrogens with one attached hydrogen (secondary N) is 1. The molecule has 0 amide bonds. The molecular formula is C14H19F2NS. The molecule has 2 unspecified atom stereocenters. The van der Waals surface area contributed by atoms with Crippen LogP contribution in [0.4, 0.5) is 8.78 Å². The van der Waals surface area contributed by atoms with Crippen LogP contribution in [0, 0.1) is 11.6 Å². The third kappa shape index (κ3) is 3.04. The van der Waals surface area contributed by atoms with Gasteiger partial charge in [0.25, 0.3) is 0 Å². The second kappa shape index (κ2) is 6.53. The minimum Gasteiger partial charge on any atom is -0.309 e. The van der Waals surface area contributed by atoms with E-state index in [0.717, 1.165) is 31.6 Å². The van der Waals surface area contributed by atoms with Crippen LogP contribution in [0.25, 0.3) is 0 Å². The van der Waals surface area contributed by atoms with Crippen LogP contribution in [-0.4, -0.2) is 17.5 Å². The van der Waals surface area contributed by atoms with Crippen LogP contribution in [0.5, 0.6) is 0 Å². The quantitative estimate of drug-likeness (QED) is 0.871. The highest BCUT2D eigenvalue weighted by atomic mass is 32.2. The van der Waals surface area contributed by atoms with Crippen molar-refractivity contribution < 1.29 is 8.78 Å². The van der Waals surface area contributed by atoms with E-state index in [4.69, 9.17) is 0 Å². The molecule has 2 atom stereocenters. The summed E-state index contributed by atoms with van der Waals surface area (Å²) in [7, 11) is 0. The van der Waals surface area contributed by atoms with Crippen LogP contribution >= 0.6 is 11.8 Å². The molecule has 0 aliphatic carbocycles. The van der Waals surface area contributed by atoms with Gasteiger partial charge >= 0.3 is 0 Å². The molecule has 1 nitrogen and oxygen atoms in total. The highest BCUT2D eigenvalue weighted by Gasteiger charge is 2.30. The third-order valence-electron chi connectivity index (χ3n) is 3.26. The molecule has 0 saturated carbocycles. The highest BCUT2D eigenvalue weighted by molar-refractivity contribution is 8.00. The summed E-state index contributed by atoms with van der Waals surface area (Å²) in [5.74, 6) is 0.220. The molecule has 18 heavy (non-hydrogen) atoms. The lowest BCUT2D eigenvalue weighted by molar-refractivity contribution is 0.450. The zero-order chi connectivity index (χ0) is 13.0. The molecule has 1 aromatic rings. The van der Waals surface area contributed by atoms with Gasteiger partial charge in [0.2, 0.25) is 0 Å². The van der Waals surface area contributed by atoms with Gasteiger partial charge in [-0.1, -0.05) is 13.0 Å². The Kier molecular flexibility index (Phi) is 5.01. The van der Waals surface area contributed by atoms with Crippen LogP contribution < -0.4 is 5.32 Å². The van der Waals surface area contributed by atoms with E-state index in [2.05, 4.69) is 12.2 Å². The second-order valence-corrected chi connectivity index (χ2v) is 5.97. The Balaban J connectivity index is 2.26. The van der Waals surface area contributed by atoms with Crippen molar-refractivity contribution >= 4 is 11.8 Å². The molecule has 100 valence electrons. The molecule has 0 bridgehead atoms. The largest absolute Gasteiger partial charge is 0.309 e. The van der Waals surface area contributed by atoms with Gasteiger partial charge in [-0.15, -0.1) is 0 Å². The number of benzene rings is 1. The Hall–Kier alpha value is -0.610. The average molecular weight is 271 g/mol. The van der Waals surface area contributed by atoms with Gasteiger partial charge in [-0.2, -0.15) is 11.8 Å². The molecule has 1 aliphatic heterocycles. The molecule has 0 radical (unpaired) electrons. The summed E-state index contributed by atoms with van der Waals surface area (Å²) in [6, 6.07) is 3.91. The van der Waals surface area contributed by atoms with Crippen molar-refractivity contribution in [1.82, 2.24) is 5.32 Å². The molecule has 0 aromatic heterocycles. The summed E-state index contributed by atoms with van der Waals surface area (Å²) in [4.78, 5) is 0. The standard InChI is InChI=1S/C14H19F2NS/c1-2-8-17-14(12-7-4-9-18-12)13-10(15)5-3-6-11(13)16/h3,5-6,12,14,17H,2,4,7-9H2,1H3. The first-order chi connectivity index (χ1) is 8.74. The van der Waals surface area contributed by atoms with Crippen molar-refractivity contribution in [3.63, 3.8) is 0 Å². The molecule has 4 heteroatoms. The number of hydrogen-bond acceptors (Lipinski definition) is 2. The minimum atomic E-state index is -0.434. The Morgan fingerprint density at radius 2 is 2.11 bits per heavy atom. The van der Waals surface area contributed by atoms with Gasteiger partial charge in [0.1, 0.15) is 11.6 Å². The lowest BCUT2D eigenvalue weighted by atomic mass is 9.99. The Labute approximate surface area is 111 Å². The van der Waals surface area contributed by atoms with E-state index in [1.54, 1.807) is 0 Å². The fraction of sp³-hybridized carbons (Fsp3) is 0.571. The first-order valence-electron chi connectivity index (χ1n) is 6.53. The van der Waals surface area contributed by atoms with Gasteiger partial charge in [0.05, 0.1) is 0 Å². The number of rotatable bonds is 5. The van der Waals surface area contributed by atoms with E-state index in [-0.39, 0.29) is 16.9 Å². The summed E-state index contributed by atoms with van der Waals surface area (Å²) in [6.07, 6.45) is 3.12. The maximum absolute atomic E-state index is 13.9. The fourth-order valence-electron chi connectivity index (χ4n) is 2.39. The second-order valence-electron chi connectivity index (χ2n) is 4.62. The van der Waals surface area contributed by atoms with Crippen molar-refractivity contribution in [2.45, 2.75) is 37.5 Å². The Morgan fingerprint density at radius 1 is 1.39 bits per heavy atom. The van der Waals surface area contributed by atoms with Crippen LogP contribution in [0.15, 0.2) is 18.2 Å². The summed E-state index contributed by atoms with van der Waals surface area (Å²) in [6.45, 7) is 2.85. The van der Waals surface area contributed by atoms with Crippen LogP contribution in [0.1, 0.15) is 37.8 Å². The molecule has 2 rings (SSSR count). The monoisotopic (exact) mass is 271 g/mol. The smallest absolute Gasteiger partial charge is 0.130 e. The van der Waals surface area contributed by atoms with Gasteiger partial charge < -0.3 is 5.32 Å². The Bertz CT molecular complexity index is 371. The summed E-state index contributed by atoms with van der Waals surface area (Å²) < 4.78 is 27.8. The van der Waals surface area contributed by atoms with E-state index in [1.807, 2.05) is 11.8 Å². The van der Waals surface area contributed by atoms with Crippen LogP contribution in [0.2, 0.25) is 0 Å². The molecule has 1 N–H and O–H groups in total. The van der Waals surface area contributed by atoms with E-state index in [9.17, 15) is 8.78 Å². The molecule has 1 fully saturated rings. The van der Waals surface area contributed by atoms with E-state index in [1.165, 1.54) is 18.2 Å².